The van der Waals surface area contributed by atoms with Crippen LogP contribution in [-0.2, 0) is 16.1 Å². The van der Waals surface area contributed by atoms with E-state index in [9.17, 15) is 9.59 Å². The molecule has 0 bridgehead atoms. The Balaban J connectivity index is 1.78. The van der Waals surface area contributed by atoms with Crippen LogP contribution in [0.15, 0.2) is 24.3 Å². The molecule has 0 aliphatic heterocycles. The Morgan fingerprint density at radius 1 is 1.12 bits per heavy atom. The highest BCUT2D eigenvalue weighted by Gasteiger charge is 2.25. The number of carbonyl (C=O) groups excluding carboxylic acids is 2. The van der Waals surface area contributed by atoms with Crippen LogP contribution in [0.3, 0.4) is 0 Å². The van der Waals surface area contributed by atoms with Crippen LogP contribution in [0.1, 0.15) is 52.0 Å². The fourth-order valence-electron chi connectivity index (χ4n) is 2.99. The molecular formula is C19H28N2O3. The smallest absolute Gasteiger partial charge is 0.309 e. The molecule has 2 amide bonds. The van der Waals surface area contributed by atoms with Gasteiger partial charge in [-0.2, -0.15) is 0 Å². The van der Waals surface area contributed by atoms with Crippen molar-refractivity contribution in [3.05, 3.63) is 29.8 Å². The van der Waals surface area contributed by atoms with Gasteiger partial charge in [-0.1, -0.05) is 31.9 Å². The van der Waals surface area contributed by atoms with Gasteiger partial charge in [0.15, 0.2) is 0 Å². The maximum Gasteiger partial charge on any atom is 0.309 e. The van der Waals surface area contributed by atoms with E-state index in [0.29, 0.717) is 12.5 Å². The van der Waals surface area contributed by atoms with Crippen LogP contribution in [0, 0.1) is 5.92 Å². The topological polar surface area (TPSA) is 67.4 Å². The van der Waals surface area contributed by atoms with E-state index in [1.54, 1.807) is 0 Å². The number of rotatable bonds is 5. The molecule has 1 aromatic rings. The molecule has 1 aliphatic carbocycles. The first-order chi connectivity index (χ1) is 11.5. The highest BCUT2D eigenvalue weighted by Crippen LogP contribution is 2.23. The molecule has 132 valence electrons. The van der Waals surface area contributed by atoms with Crippen LogP contribution in [0.2, 0.25) is 0 Å². The summed E-state index contributed by atoms with van der Waals surface area (Å²) >= 11 is 0. The first-order valence-corrected chi connectivity index (χ1v) is 8.80. The summed E-state index contributed by atoms with van der Waals surface area (Å²) in [6, 6.07) is 7.62. The highest BCUT2D eigenvalue weighted by atomic mass is 16.5. The summed E-state index contributed by atoms with van der Waals surface area (Å²) in [5, 5.41) is 5.54. The molecule has 5 nitrogen and oxygen atoms in total. The average molecular weight is 332 g/mol. The molecule has 5 heteroatoms. The van der Waals surface area contributed by atoms with E-state index >= 15 is 0 Å². The number of nitrogens with one attached hydrogen (secondary N) is 2. The Morgan fingerprint density at radius 3 is 2.42 bits per heavy atom. The lowest BCUT2D eigenvalue weighted by atomic mass is 9.86. The number of hydrogen-bond donors (Lipinski definition) is 2. The first kappa shape index (κ1) is 18.3. The van der Waals surface area contributed by atoms with Crippen molar-refractivity contribution in [3.63, 3.8) is 0 Å². The normalized spacial score (nSPS) is 20.5. The fourth-order valence-corrected chi connectivity index (χ4v) is 2.99. The zero-order valence-corrected chi connectivity index (χ0v) is 14.8. The van der Waals surface area contributed by atoms with Gasteiger partial charge < -0.3 is 15.4 Å². The van der Waals surface area contributed by atoms with Gasteiger partial charge in [-0.15, -0.1) is 0 Å². The number of benzene rings is 1. The molecule has 0 heterocycles. The van der Waals surface area contributed by atoms with Gasteiger partial charge in [-0.3, -0.25) is 9.59 Å². The van der Waals surface area contributed by atoms with Crippen molar-refractivity contribution < 1.29 is 14.3 Å². The van der Waals surface area contributed by atoms with Gasteiger partial charge >= 0.3 is 11.8 Å². The lowest BCUT2D eigenvalue weighted by Crippen LogP contribution is -2.47. The molecule has 1 fully saturated rings. The molecular weight excluding hydrogens is 304 g/mol. The summed E-state index contributed by atoms with van der Waals surface area (Å²) in [6.45, 7) is 6.40. The third-order valence-corrected chi connectivity index (χ3v) is 4.38. The SMILES string of the molecule is CC(C)Oc1ccc(CNC(=O)C(=O)N[C@@H]2CCCC[C@@H]2C)cc1. The van der Waals surface area contributed by atoms with Crippen molar-refractivity contribution in [1.29, 1.82) is 0 Å². The van der Waals surface area contributed by atoms with Crippen molar-refractivity contribution in [1.82, 2.24) is 10.6 Å². The summed E-state index contributed by atoms with van der Waals surface area (Å²) in [4.78, 5) is 24.0. The second-order valence-electron chi connectivity index (χ2n) is 6.83. The Labute approximate surface area is 144 Å². The Morgan fingerprint density at radius 2 is 1.79 bits per heavy atom. The van der Waals surface area contributed by atoms with E-state index < -0.39 is 11.8 Å². The van der Waals surface area contributed by atoms with Crippen LogP contribution < -0.4 is 15.4 Å². The van der Waals surface area contributed by atoms with Crippen LogP contribution in [0.5, 0.6) is 5.75 Å². The van der Waals surface area contributed by atoms with Gasteiger partial charge in [0.05, 0.1) is 6.10 Å². The molecule has 0 spiro atoms. The minimum absolute atomic E-state index is 0.115. The van der Waals surface area contributed by atoms with Gasteiger partial charge in [-0.25, -0.2) is 0 Å². The third kappa shape index (κ3) is 5.55. The summed E-state index contributed by atoms with van der Waals surface area (Å²) in [7, 11) is 0. The third-order valence-electron chi connectivity index (χ3n) is 4.38. The van der Waals surface area contributed by atoms with Crippen molar-refractivity contribution in [2.45, 2.75) is 65.1 Å². The summed E-state index contributed by atoms with van der Waals surface area (Å²) in [5.74, 6) is 0.122. The second-order valence-corrected chi connectivity index (χ2v) is 6.83. The molecule has 2 atom stereocenters. The van der Waals surface area contributed by atoms with Crippen LogP contribution in [-0.4, -0.2) is 24.0 Å². The highest BCUT2D eigenvalue weighted by molar-refractivity contribution is 6.35. The summed E-state index contributed by atoms with van der Waals surface area (Å²) in [5.41, 5.74) is 0.929. The molecule has 1 saturated carbocycles. The van der Waals surface area contributed by atoms with E-state index in [2.05, 4.69) is 17.6 Å². The van der Waals surface area contributed by atoms with E-state index in [0.717, 1.165) is 30.6 Å². The molecule has 0 radical (unpaired) electrons. The van der Waals surface area contributed by atoms with Crippen molar-refractivity contribution in [2.75, 3.05) is 0 Å². The molecule has 0 saturated heterocycles. The van der Waals surface area contributed by atoms with Crippen molar-refractivity contribution >= 4 is 11.8 Å². The Bertz CT molecular complexity index is 554. The van der Waals surface area contributed by atoms with Gasteiger partial charge in [0, 0.05) is 12.6 Å². The van der Waals surface area contributed by atoms with Gasteiger partial charge in [0.25, 0.3) is 0 Å². The number of amides is 2. The molecule has 2 N–H and O–H groups in total. The zero-order valence-electron chi connectivity index (χ0n) is 14.8. The molecule has 24 heavy (non-hydrogen) atoms. The summed E-state index contributed by atoms with van der Waals surface area (Å²) < 4.78 is 5.58. The van der Waals surface area contributed by atoms with E-state index in [1.165, 1.54) is 6.42 Å². The standard InChI is InChI=1S/C19H28N2O3/c1-13(2)24-16-10-8-15(9-11-16)12-20-18(22)19(23)21-17-7-5-4-6-14(17)3/h8-11,13-14,17H,4-7,12H2,1-3H3,(H,20,22)(H,21,23)/t14-,17+/m0/s1. The minimum Gasteiger partial charge on any atom is -0.491 e. The monoisotopic (exact) mass is 332 g/mol. The molecule has 2 rings (SSSR count). The van der Waals surface area contributed by atoms with E-state index in [4.69, 9.17) is 4.74 Å². The van der Waals surface area contributed by atoms with Crippen LogP contribution >= 0.6 is 0 Å². The Kier molecular flexibility index (Phi) is 6.64. The van der Waals surface area contributed by atoms with Gasteiger partial charge in [0.1, 0.15) is 5.75 Å². The van der Waals surface area contributed by atoms with E-state index in [-0.39, 0.29) is 12.1 Å². The number of hydrogen-bond acceptors (Lipinski definition) is 3. The zero-order chi connectivity index (χ0) is 17.5. The largest absolute Gasteiger partial charge is 0.491 e. The predicted molar refractivity (Wildman–Crippen MR) is 93.6 cm³/mol. The fraction of sp³-hybridized carbons (Fsp3) is 0.579. The lowest BCUT2D eigenvalue weighted by molar-refractivity contribution is -0.140. The maximum atomic E-state index is 12.0. The lowest BCUT2D eigenvalue weighted by Gasteiger charge is -2.29. The average Bonchev–Trinajstić information content (AvgIpc) is 2.55. The van der Waals surface area contributed by atoms with Gasteiger partial charge in [-0.05, 0) is 50.3 Å². The molecule has 1 aliphatic rings. The van der Waals surface area contributed by atoms with Crippen molar-refractivity contribution in [3.8, 4) is 5.75 Å². The predicted octanol–water partition coefficient (Wildman–Crippen LogP) is 2.78. The van der Waals surface area contributed by atoms with Gasteiger partial charge in [0.2, 0.25) is 0 Å². The second kappa shape index (κ2) is 8.71. The quantitative estimate of drug-likeness (QED) is 0.815. The first-order valence-electron chi connectivity index (χ1n) is 8.80. The number of carbonyl (C=O) groups is 2. The number of ether oxygens (including phenoxy) is 1. The van der Waals surface area contributed by atoms with Crippen molar-refractivity contribution in [2.24, 2.45) is 5.92 Å². The minimum atomic E-state index is -0.574. The van der Waals surface area contributed by atoms with E-state index in [1.807, 2.05) is 38.1 Å². The summed E-state index contributed by atoms with van der Waals surface area (Å²) in [6.07, 6.45) is 4.51. The molecule has 1 aromatic carbocycles. The Hall–Kier alpha value is -2.04. The maximum absolute atomic E-state index is 12.0. The molecule has 0 aromatic heterocycles. The van der Waals surface area contributed by atoms with Crippen LogP contribution in [0.4, 0.5) is 0 Å². The molecule has 0 unspecified atom stereocenters. The van der Waals surface area contributed by atoms with Crippen LogP contribution in [0.25, 0.3) is 0 Å².